The summed E-state index contributed by atoms with van der Waals surface area (Å²) in [6.45, 7) is 0. The van der Waals surface area contributed by atoms with Crippen LogP contribution in [0.4, 0.5) is 0 Å². The smallest absolute Gasteiger partial charge is 0.324 e. The van der Waals surface area contributed by atoms with Gasteiger partial charge >= 0.3 is 7.60 Å². The van der Waals surface area contributed by atoms with Gasteiger partial charge in [-0.3, -0.25) is 4.57 Å². The van der Waals surface area contributed by atoms with E-state index >= 15 is 0 Å². The first kappa shape index (κ1) is 11.4. The summed E-state index contributed by atoms with van der Waals surface area (Å²) in [7, 11) is -3.92. The molecule has 1 aromatic carbocycles. The predicted octanol–water partition coefficient (Wildman–Crippen LogP) is 1.25. The molecule has 5 heteroatoms. The van der Waals surface area contributed by atoms with Crippen LogP contribution < -0.4 is 5.73 Å². The Morgan fingerprint density at radius 3 is 2.36 bits per heavy atom. The molecule has 1 atom stereocenters. The Kier molecular flexibility index (Phi) is 3.84. The molecule has 14 heavy (non-hydrogen) atoms. The van der Waals surface area contributed by atoms with Gasteiger partial charge in [-0.15, -0.1) is 0 Å². The van der Waals surface area contributed by atoms with Gasteiger partial charge in [0.15, 0.2) is 0 Å². The van der Waals surface area contributed by atoms with Gasteiger partial charge in [-0.1, -0.05) is 30.3 Å². The third-order valence-corrected chi connectivity index (χ3v) is 2.80. The number of nitrogens with two attached hydrogens (primary N) is 1. The first-order valence-electron chi connectivity index (χ1n) is 4.34. The van der Waals surface area contributed by atoms with Crippen LogP contribution >= 0.6 is 7.60 Å². The van der Waals surface area contributed by atoms with Gasteiger partial charge in [-0.2, -0.15) is 0 Å². The molecular formula is C9H14NO3P. The van der Waals surface area contributed by atoms with Crippen molar-refractivity contribution in [3.63, 3.8) is 0 Å². The van der Waals surface area contributed by atoms with Crippen molar-refractivity contribution >= 4 is 7.60 Å². The molecule has 0 radical (unpaired) electrons. The summed E-state index contributed by atoms with van der Waals surface area (Å²) in [6, 6.07) is 8.98. The Bertz CT molecular complexity index is 322. The van der Waals surface area contributed by atoms with E-state index in [0.29, 0.717) is 6.42 Å². The van der Waals surface area contributed by atoms with Crippen LogP contribution in [0.5, 0.6) is 0 Å². The van der Waals surface area contributed by atoms with Gasteiger partial charge in [0.1, 0.15) is 0 Å². The SMILES string of the molecule is NC(CCP(=O)(O)O)c1ccccc1. The Hall–Kier alpha value is -0.670. The summed E-state index contributed by atoms with van der Waals surface area (Å²) in [4.78, 5) is 17.3. The van der Waals surface area contributed by atoms with Crippen molar-refractivity contribution in [2.75, 3.05) is 6.16 Å². The molecule has 0 heterocycles. The minimum Gasteiger partial charge on any atom is -0.324 e. The molecule has 0 aliphatic rings. The maximum Gasteiger partial charge on any atom is 0.325 e. The summed E-state index contributed by atoms with van der Waals surface area (Å²) in [5.41, 5.74) is 6.66. The molecule has 1 unspecified atom stereocenters. The largest absolute Gasteiger partial charge is 0.325 e. The second kappa shape index (κ2) is 4.71. The normalized spacial score (nSPS) is 13.9. The van der Waals surface area contributed by atoms with Crippen LogP contribution in [0.15, 0.2) is 30.3 Å². The lowest BCUT2D eigenvalue weighted by atomic mass is 10.1. The van der Waals surface area contributed by atoms with E-state index in [1.807, 2.05) is 30.3 Å². The van der Waals surface area contributed by atoms with Crippen LogP contribution in [0, 0.1) is 0 Å². The molecule has 0 aliphatic heterocycles. The maximum atomic E-state index is 10.6. The van der Waals surface area contributed by atoms with E-state index in [9.17, 15) is 4.57 Å². The average Bonchev–Trinajstić information content (AvgIpc) is 2.14. The quantitative estimate of drug-likeness (QED) is 0.660. The van der Waals surface area contributed by atoms with E-state index in [4.69, 9.17) is 15.5 Å². The van der Waals surface area contributed by atoms with Crippen molar-refractivity contribution < 1.29 is 14.4 Å². The second-order valence-electron chi connectivity index (χ2n) is 3.19. The maximum absolute atomic E-state index is 10.6. The molecule has 0 spiro atoms. The van der Waals surface area contributed by atoms with Gasteiger partial charge in [-0.05, 0) is 12.0 Å². The Balaban J connectivity index is 2.52. The first-order chi connectivity index (χ1) is 6.49. The topological polar surface area (TPSA) is 83.6 Å². The standard InChI is InChI=1S/C9H14NO3P/c10-9(6-7-14(11,12)13)8-4-2-1-3-5-8/h1-5,9H,6-7,10H2,(H2,11,12,13). The van der Waals surface area contributed by atoms with Crippen LogP contribution in [-0.2, 0) is 4.57 Å². The van der Waals surface area contributed by atoms with Crippen molar-refractivity contribution in [2.24, 2.45) is 5.73 Å². The second-order valence-corrected chi connectivity index (χ2v) is 4.97. The summed E-state index contributed by atoms with van der Waals surface area (Å²) in [5, 5.41) is 0. The molecule has 4 nitrogen and oxygen atoms in total. The van der Waals surface area contributed by atoms with Gasteiger partial charge < -0.3 is 15.5 Å². The van der Waals surface area contributed by atoms with Crippen molar-refractivity contribution in [1.29, 1.82) is 0 Å². The van der Waals surface area contributed by atoms with Gasteiger partial charge in [-0.25, -0.2) is 0 Å². The Morgan fingerprint density at radius 2 is 1.86 bits per heavy atom. The Labute approximate surface area is 82.9 Å². The molecule has 0 saturated heterocycles. The molecule has 0 bridgehead atoms. The third-order valence-electron chi connectivity index (χ3n) is 1.96. The highest BCUT2D eigenvalue weighted by Crippen LogP contribution is 2.36. The van der Waals surface area contributed by atoms with E-state index < -0.39 is 7.60 Å². The molecule has 0 aromatic heterocycles. The summed E-state index contributed by atoms with van der Waals surface area (Å²) < 4.78 is 10.6. The van der Waals surface area contributed by atoms with E-state index in [1.165, 1.54) is 0 Å². The van der Waals surface area contributed by atoms with Crippen LogP contribution in [0.1, 0.15) is 18.0 Å². The van der Waals surface area contributed by atoms with E-state index in [1.54, 1.807) is 0 Å². The van der Waals surface area contributed by atoms with E-state index in [0.717, 1.165) is 5.56 Å². The lowest BCUT2D eigenvalue weighted by molar-refractivity contribution is 0.369. The molecule has 1 rings (SSSR count). The molecule has 0 aliphatic carbocycles. The van der Waals surface area contributed by atoms with Crippen LogP contribution in [-0.4, -0.2) is 15.9 Å². The highest BCUT2D eigenvalue weighted by atomic mass is 31.2. The zero-order valence-electron chi connectivity index (χ0n) is 7.71. The van der Waals surface area contributed by atoms with Crippen molar-refractivity contribution in [2.45, 2.75) is 12.5 Å². The summed E-state index contributed by atoms with van der Waals surface area (Å²) >= 11 is 0. The van der Waals surface area contributed by atoms with Crippen LogP contribution in [0.25, 0.3) is 0 Å². The van der Waals surface area contributed by atoms with Crippen molar-refractivity contribution in [1.82, 2.24) is 0 Å². The van der Waals surface area contributed by atoms with Gasteiger partial charge in [0.2, 0.25) is 0 Å². The van der Waals surface area contributed by atoms with Crippen LogP contribution in [0.3, 0.4) is 0 Å². The molecule has 4 N–H and O–H groups in total. The molecule has 0 amide bonds. The highest BCUT2D eigenvalue weighted by Gasteiger charge is 2.15. The minimum atomic E-state index is -3.92. The van der Waals surface area contributed by atoms with E-state index in [2.05, 4.69) is 0 Å². The number of hydrogen-bond donors (Lipinski definition) is 3. The Morgan fingerprint density at radius 1 is 1.29 bits per heavy atom. The fourth-order valence-electron chi connectivity index (χ4n) is 1.17. The predicted molar refractivity (Wildman–Crippen MR) is 54.9 cm³/mol. The van der Waals surface area contributed by atoms with Gasteiger partial charge in [0, 0.05) is 6.04 Å². The number of hydrogen-bond acceptors (Lipinski definition) is 2. The fraction of sp³-hybridized carbons (Fsp3) is 0.333. The zero-order valence-corrected chi connectivity index (χ0v) is 8.60. The number of benzene rings is 1. The molecule has 1 aromatic rings. The van der Waals surface area contributed by atoms with Crippen molar-refractivity contribution in [3.05, 3.63) is 35.9 Å². The lowest BCUT2D eigenvalue weighted by Gasteiger charge is -2.12. The molecule has 78 valence electrons. The minimum absolute atomic E-state index is 0.164. The molecular weight excluding hydrogens is 201 g/mol. The third kappa shape index (κ3) is 4.03. The fourth-order valence-corrected chi connectivity index (χ4v) is 1.79. The van der Waals surface area contributed by atoms with E-state index in [-0.39, 0.29) is 12.2 Å². The van der Waals surface area contributed by atoms with Crippen molar-refractivity contribution in [3.8, 4) is 0 Å². The molecule has 0 fully saturated rings. The van der Waals surface area contributed by atoms with Gasteiger partial charge in [0.05, 0.1) is 6.16 Å². The highest BCUT2D eigenvalue weighted by molar-refractivity contribution is 7.51. The average molecular weight is 215 g/mol. The molecule has 0 saturated carbocycles. The summed E-state index contributed by atoms with van der Waals surface area (Å²) in [5.74, 6) is 0. The monoisotopic (exact) mass is 215 g/mol. The summed E-state index contributed by atoms with van der Waals surface area (Å²) in [6.07, 6.45) is 0.136. The lowest BCUT2D eigenvalue weighted by Crippen LogP contribution is -2.11. The van der Waals surface area contributed by atoms with Crippen LogP contribution in [0.2, 0.25) is 0 Å². The first-order valence-corrected chi connectivity index (χ1v) is 6.14. The number of rotatable bonds is 4. The zero-order chi connectivity index (χ0) is 10.6. The van der Waals surface area contributed by atoms with Gasteiger partial charge in [0.25, 0.3) is 0 Å².